The Hall–Kier alpha value is -2.24. The first-order chi connectivity index (χ1) is 22.6. The van der Waals surface area contributed by atoms with Gasteiger partial charge in [-0.1, -0.05) is 123 Å². The Bertz CT molecular complexity index is 1380. The third-order valence-electron chi connectivity index (χ3n) is 12.2. The van der Waals surface area contributed by atoms with E-state index >= 15 is 0 Å². The molecule has 0 aromatic heterocycles. The van der Waals surface area contributed by atoms with Crippen LogP contribution in [0.25, 0.3) is 22.3 Å². The molecule has 0 fully saturated rings. The highest BCUT2D eigenvalue weighted by atomic mass is 79.9. The van der Waals surface area contributed by atoms with Gasteiger partial charge >= 0.3 is 0 Å². The van der Waals surface area contributed by atoms with Crippen LogP contribution in [-0.4, -0.2) is 48.2 Å². The average molecular weight is 775 g/mol. The highest BCUT2D eigenvalue weighted by Crippen LogP contribution is 2.50. The van der Waals surface area contributed by atoms with Gasteiger partial charge in [0.1, 0.15) is 12.1 Å². The van der Waals surface area contributed by atoms with Gasteiger partial charge in [0.05, 0.1) is 39.3 Å². The van der Waals surface area contributed by atoms with Crippen LogP contribution in [0.15, 0.2) is 97.1 Å². The van der Waals surface area contributed by atoms with E-state index in [2.05, 4.69) is 125 Å². The Labute approximate surface area is 313 Å². The summed E-state index contributed by atoms with van der Waals surface area (Å²) in [5, 5.41) is 0. The predicted molar refractivity (Wildman–Crippen MR) is 197 cm³/mol. The minimum atomic E-state index is 0. The van der Waals surface area contributed by atoms with Gasteiger partial charge in [0.25, 0.3) is 0 Å². The maximum Gasteiger partial charge on any atom is 0.142 e. The van der Waals surface area contributed by atoms with Crippen LogP contribution in [0, 0.1) is 0 Å². The lowest BCUT2D eigenvalue weighted by atomic mass is 9.98. The first kappa shape index (κ1) is 38.6. The molecule has 0 radical (unpaired) electrons. The van der Waals surface area contributed by atoms with Gasteiger partial charge in [-0.05, 0) is 75.6 Å². The fourth-order valence-corrected chi connectivity index (χ4v) is 9.42. The van der Waals surface area contributed by atoms with Crippen LogP contribution in [0.1, 0.15) is 113 Å². The van der Waals surface area contributed by atoms with Gasteiger partial charge in [-0.3, -0.25) is 0 Å². The number of benzene rings is 4. The molecular formula is C44H58Br2N2. The molecule has 0 saturated carbocycles. The lowest BCUT2D eigenvalue weighted by Crippen LogP contribution is -3.00. The molecule has 2 aliphatic rings. The van der Waals surface area contributed by atoms with Crippen molar-refractivity contribution >= 4 is 0 Å². The Morgan fingerprint density at radius 1 is 0.354 bits per heavy atom. The number of hydrogen-bond acceptors (Lipinski definition) is 0. The maximum absolute atomic E-state index is 2.42. The van der Waals surface area contributed by atoms with Gasteiger partial charge in [0, 0.05) is 22.3 Å². The van der Waals surface area contributed by atoms with Gasteiger partial charge in [-0.25, -0.2) is 0 Å². The molecule has 0 saturated heterocycles. The SMILES string of the molecule is CC[N+](CC)(CCCCCCCCCC[N+](CC)(CC)C1c2ccccc2-c2ccccc21)C1c2ccccc2-c2ccccc21.[Br-].[Br-]. The van der Waals surface area contributed by atoms with Crippen LogP contribution in [0.5, 0.6) is 0 Å². The molecule has 0 aliphatic heterocycles. The van der Waals surface area contributed by atoms with E-state index in [4.69, 9.17) is 0 Å². The fraction of sp³-hybridized carbons (Fsp3) is 0.455. The molecule has 2 nitrogen and oxygen atoms in total. The Kier molecular flexibility index (Phi) is 14.1. The highest BCUT2D eigenvalue weighted by Gasteiger charge is 2.43. The summed E-state index contributed by atoms with van der Waals surface area (Å²) in [5.74, 6) is 0. The van der Waals surface area contributed by atoms with Crippen LogP contribution < -0.4 is 34.0 Å². The Morgan fingerprint density at radius 2 is 0.583 bits per heavy atom. The summed E-state index contributed by atoms with van der Waals surface area (Å²) in [6, 6.07) is 37.7. The molecule has 258 valence electrons. The van der Waals surface area contributed by atoms with Crippen LogP contribution in [0.4, 0.5) is 0 Å². The summed E-state index contributed by atoms with van der Waals surface area (Å²) in [4.78, 5) is 0. The van der Waals surface area contributed by atoms with E-state index in [1.165, 1.54) is 122 Å². The second kappa shape index (κ2) is 17.6. The lowest BCUT2D eigenvalue weighted by Gasteiger charge is -2.43. The Balaban J connectivity index is 0.00000260. The van der Waals surface area contributed by atoms with Crippen molar-refractivity contribution < 1.29 is 42.9 Å². The molecule has 4 heteroatoms. The lowest BCUT2D eigenvalue weighted by molar-refractivity contribution is -0.948. The third-order valence-corrected chi connectivity index (χ3v) is 12.2. The molecular weight excluding hydrogens is 716 g/mol. The first-order valence-electron chi connectivity index (χ1n) is 18.7. The molecule has 48 heavy (non-hydrogen) atoms. The normalized spacial score (nSPS) is 13.7. The van der Waals surface area contributed by atoms with E-state index in [-0.39, 0.29) is 34.0 Å². The summed E-state index contributed by atoms with van der Waals surface area (Å²) in [7, 11) is 0. The largest absolute Gasteiger partial charge is 1.00 e. The van der Waals surface area contributed by atoms with Crippen LogP contribution in [0.3, 0.4) is 0 Å². The first-order valence-corrected chi connectivity index (χ1v) is 18.7. The standard InChI is InChI=1S/C44H58N2.2BrH/c1-5-45(6-2,43-39-29-19-15-25-35(39)36-26-16-20-30-40(36)43)33-23-13-11-9-10-12-14-24-34-46(7-3,8-4)44-41-31-21-17-27-37(41)38-28-18-22-32-42(38)44;;/h15-22,25-32,43-44H,5-14,23-24,33-34H2,1-4H3;2*1H/q+2;;/p-2. The van der Waals surface area contributed by atoms with Gasteiger partial charge in [0.2, 0.25) is 0 Å². The quantitative estimate of drug-likeness (QED) is 0.100. The van der Waals surface area contributed by atoms with E-state index < -0.39 is 0 Å². The minimum absolute atomic E-state index is 0. The summed E-state index contributed by atoms with van der Waals surface area (Å²) >= 11 is 0. The third kappa shape index (κ3) is 7.29. The van der Waals surface area contributed by atoms with E-state index in [9.17, 15) is 0 Å². The molecule has 4 aromatic carbocycles. The zero-order chi connectivity index (χ0) is 32.0. The molecule has 0 atom stereocenters. The van der Waals surface area contributed by atoms with Crippen LogP contribution in [-0.2, 0) is 0 Å². The maximum atomic E-state index is 2.42. The molecule has 4 aromatic rings. The molecule has 0 N–H and O–H groups in total. The number of unbranched alkanes of at least 4 members (excludes halogenated alkanes) is 7. The summed E-state index contributed by atoms with van der Waals surface area (Å²) in [5.41, 5.74) is 12.0. The van der Waals surface area contributed by atoms with Gasteiger partial charge < -0.3 is 42.9 Å². The summed E-state index contributed by atoms with van der Waals surface area (Å²) in [6.07, 6.45) is 10.9. The smallest absolute Gasteiger partial charge is 0.142 e. The zero-order valence-corrected chi connectivity index (χ0v) is 33.1. The van der Waals surface area contributed by atoms with E-state index in [0.29, 0.717) is 12.1 Å². The number of halogens is 2. The highest BCUT2D eigenvalue weighted by molar-refractivity contribution is 5.79. The van der Waals surface area contributed by atoms with E-state index in [0.717, 1.165) is 0 Å². The number of rotatable bonds is 17. The minimum Gasteiger partial charge on any atom is -1.00 e. The second-order valence-electron chi connectivity index (χ2n) is 14.1. The van der Waals surface area contributed by atoms with E-state index in [1.54, 1.807) is 22.3 Å². The zero-order valence-electron chi connectivity index (χ0n) is 29.9. The van der Waals surface area contributed by atoms with Crippen molar-refractivity contribution in [2.45, 2.75) is 91.1 Å². The fourth-order valence-electron chi connectivity index (χ4n) is 9.42. The molecule has 6 rings (SSSR count). The summed E-state index contributed by atoms with van der Waals surface area (Å²) in [6.45, 7) is 17.0. The monoisotopic (exact) mass is 772 g/mol. The van der Waals surface area contributed by atoms with Crippen molar-refractivity contribution in [1.29, 1.82) is 0 Å². The average Bonchev–Trinajstić information content (AvgIpc) is 3.64. The molecule has 0 amide bonds. The Morgan fingerprint density at radius 3 is 0.833 bits per heavy atom. The summed E-state index contributed by atoms with van der Waals surface area (Å²) < 4.78 is 2.36. The second-order valence-corrected chi connectivity index (χ2v) is 14.1. The van der Waals surface area contributed by atoms with Crippen molar-refractivity contribution in [2.24, 2.45) is 0 Å². The van der Waals surface area contributed by atoms with Crippen molar-refractivity contribution in [3.63, 3.8) is 0 Å². The predicted octanol–water partition coefficient (Wildman–Crippen LogP) is 5.37. The van der Waals surface area contributed by atoms with Crippen LogP contribution >= 0.6 is 0 Å². The number of nitrogens with zero attached hydrogens (tertiary/aromatic N) is 2. The van der Waals surface area contributed by atoms with Gasteiger partial charge in [-0.2, -0.15) is 0 Å². The van der Waals surface area contributed by atoms with Gasteiger partial charge in [-0.15, -0.1) is 0 Å². The topological polar surface area (TPSA) is 0 Å². The van der Waals surface area contributed by atoms with Crippen molar-refractivity contribution in [1.82, 2.24) is 0 Å². The van der Waals surface area contributed by atoms with E-state index in [1.807, 2.05) is 0 Å². The number of quaternary nitrogens is 2. The molecule has 0 unspecified atom stereocenters. The molecule has 0 heterocycles. The number of hydrogen-bond donors (Lipinski definition) is 0. The molecule has 0 bridgehead atoms. The van der Waals surface area contributed by atoms with Crippen molar-refractivity contribution in [2.75, 3.05) is 39.3 Å². The molecule has 0 spiro atoms. The van der Waals surface area contributed by atoms with Gasteiger partial charge in [0.15, 0.2) is 0 Å². The van der Waals surface area contributed by atoms with Crippen LogP contribution in [0.2, 0.25) is 0 Å². The number of fused-ring (bicyclic) bond motifs is 6. The molecule has 2 aliphatic carbocycles. The van der Waals surface area contributed by atoms with Crippen molar-refractivity contribution in [3.05, 3.63) is 119 Å². The van der Waals surface area contributed by atoms with Crippen molar-refractivity contribution in [3.8, 4) is 22.3 Å².